The third kappa shape index (κ3) is 2.39. The zero-order valence-electron chi connectivity index (χ0n) is 10.6. The van der Waals surface area contributed by atoms with Crippen molar-refractivity contribution in [3.63, 3.8) is 0 Å². The van der Waals surface area contributed by atoms with Crippen LogP contribution in [0.4, 0.5) is 13.2 Å². The molecular formula is C14H18F3N. The first-order valence-corrected chi connectivity index (χ1v) is 6.28. The van der Waals surface area contributed by atoms with Crippen LogP contribution in [-0.2, 0) is 11.6 Å². The Morgan fingerprint density at radius 2 is 2.06 bits per heavy atom. The summed E-state index contributed by atoms with van der Waals surface area (Å²) in [5.74, 6) is 0.444. The summed E-state index contributed by atoms with van der Waals surface area (Å²) in [7, 11) is 0. The monoisotopic (exact) mass is 257 g/mol. The SMILES string of the molecule is CCNCC1(c2cccc(C(F)(F)F)c2)CC1C. The van der Waals surface area contributed by atoms with Gasteiger partial charge >= 0.3 is 6.18 Å². The number of halogens is 3. The van der Waals surface area contributed by atoms with Crippen molar-refractivity contribution in [1.29, 1.82) is 0 Å². The third-order valence-electron chi connectivity index (χ3n) is 3.91. The molecule has 0 radical (unpaired) electrons. The maximum absolute atomic E-state index is 12.7. The second-order valence-corrected chi connectivity index (χ2v) is 5.12. The summed E-state index contributed by atoms with van der Waals surface area (Å²) in [6.07, 6.45) is -3.30. The number of hydrogen-bond donors (Lipinski definition) is 1. The van der Waals surface area contributed by atoms with E-state index in [0.717, 1.165) is 31.1 Å². The van der Waals surface area contributed by atoms with Gasteiger partial charge in [0.05, 0.1) is 5.56 Å². The third-order valence-corrected chi connectivity index (χ3v) is 3.91. The molecule has 1 nitrogen and oxygen atoms in total. The van der Waals surface area contributed by atoms with Gasteiger partial charge in [-0.25, -0.2) is 0 Å². The van der Waals surface area contributed by atoms with Crippen LogP contribution in [0.1, 0.15) is 31.4 Å². The van der Waals surface area contributed by atoms with E-state index >= 15 is 0 Å². The maximum atomic E-state index is 12.7. The fourth-order valence-electron chi connectivity index (χ4n) is 2.59. The molecule has 100 valence electrons. The zero-order chi connectivity index (χ0) is 13.4. The normalized spacial score (nSPS) is 27.3. The van der Waals surface area contributed by atoms with Gasteiger partial charge in [0.1, 0.15) is 0 Å². The lowest BCUT2D eigenvalue weighted by atomic mass is 9.92. The highest BCUT2D eigenvalue weighted by molar-refractivity contribution is 5.37. The molecule has 1 aliphatic rings. The molecule has 2 unspecified atom stereocenters. The van der Waals surface area contributed by atoms with Crippen molar-refractivity contribution in [3.8, 4) is 0 Å². The van der Waals surface area contributed by atoms with Gasteiger partial charge in [-0.3, -0.25) is 0 Å². The van der Waals surface area contributed by atoms with Gasteiger partial charge in [0.25, 0.3) is 0 Å². The smallest absolute Gasteiger partial charge is 0.316 e. The van der Waals surface area contributed by atoms with Crippen LogP contribution >= 0.6 is 0 Å². The van der Waals surface area contributed by atoms with Crippen LogP contribution in [0.5, 0.6) is 0 Å². The lowest BCUT2D eigenvalue weighted by Crippen LogP contribution is -2.28. The number of alkyl halides is 3. The average Bonchev–Trinajstić information content (AvgIpc) is 2.98. The number of hydrogen-bond acceptors (Lipinski definition) is 1. The van der Waals surface area contributed by atoms with Gasteiger partial charge in [0.15, 0.2) is 0 Å². The van der Waals surface area contributed by atoms with E-state index in [4.69, 9.17) is 0 Å². The largest absolute Gasteiger partial charge is 0.416 e. The fraction of sp³-hybridized carbons (Fsp3) is 0.571. The van der Waals surface area contributed by atoms with Crippen molar-refractivity contribution in [2.75, 3.05) is 13.1 Å². The van der Waals surface area contributed by atoms with Crippen molar-refractivity contribution < 1.29 is 13.2 Å². The maximum Gasteiger partial charge on any atom is 0.416 e. The molecule has 18 heavy (non-hydrogen) atoms. The summed E-state index contributed by atoms with van der Waals surface area (Å²) in [4.78, 5) is 0. The van der Waals surface area contributed by atoms with Gasteiger partial charge in [-0.1, -0.05) is 32.0 Å². The van der Waals surface area contributed by atoms with Gasteiger partial charge in [-0.2, -0.15) is 13.2 Å². The number of benzene rings is 1. The van der Waals surface area contributed by atoms with Crippen LogP contribution in [0.2, 0.25) is 0 Å². The predicted molar refractivity (Wildman–Crippen MR) is 65.4 cm³/mol. The molecule has 2 atom stereocenters. The molecule has 1 aromatic carbocycles. The van der Waals surface area contributed by atoms with Gasteiger partial charge in [-0.15, -0.1) is 0 Å². The van der Waals surface area contributed by atoms with E-state index in [1.165, 1.54) is 12.1 Å². The van der Waals surface area contributed by atoms with Gasteiger partial charge < -0.3 is 5.32 Å². The number of rotatable bonds is 4. The van der Waals surface area contributed by atoms with Crippen LogP contribution in [0.15, 0.2) is 24.3 Å². The molecule has 0 bridgehead atoms. The molecule has 1 saturated carbocycles. The second kappa shape index (κ2) is 4.57. The Balaban J connectivity index is 2.28. The van der Waals surface area contributed by atoms with Gasteiger partial charge in [0.2, 0.25) is 0 Å². The van der Waals surface area contributed by atoms with Gasteiger partial charge in [0, 0.05) is 12.0 Å². The van der Waals surface area contributed by atoms with Crippen molar-refractivity contribution in [2.24, 2.45) is 5.92 Å². The first-order chi connectivity index (χ1) is 8.40. The Morgan fingerprint density at radius 1 is 1.39 bits per heavy atom. The van der Waals surface area contributed by atoms with E-state index < -0.39 is 11.7 Å². The molecule has 2 rings (SSSR count). The first kappa shape index (κ1) is 13.4. The van der Waals surface area contributed by atoms with Crippen molar-refractivity contribution >= 4 is 0 Å². The molecule has 0 amide bonds. The quantitative estimate of drug-likeness (QED) is 0.869. The second-order valence-electron chi connectivity index (χ2n) is 5.12. The van der Waals surface area contributed by atoms with E-state index in [2.05, 4.69) is 12.2 Å². The molecule has 0 saturated heterocycles. The van der Waals surface area contributed by atoms with E-state index in [1.54, 1.807) is 0 Å². The highest BCUT2D eigenvalue weighted by Crippen LogP contribution is 2.54. The molecule has 1 aromatic rings. The molecule has 1 N–H and O–H groups in total. The molecule has 0 aliphatic heterocycles. The summed E-state index contributed by atoms with van der Waals surface area (Å²) < 4.78 is 38.1. The fourth-order valence-corrected chi connectivity index (χ4v) is 2.59. The Morgan fingerprint density at radius 3 is 2.56 bits per heavy atom. The van der Waals surface area contributed by atoms with E-state index in [0.29, 0.717) is 5.92 Å². The lowest BCUT2D eigenvalue weighted by molar-refractivity contribution is -0.137. The van der Waals surface area contributed by atoms with Crippen LogP contribution in [0, 0.1) is 5.92 Å². The summed E-state index contributed by atoms with van der Waals surface area (Å²) in [5, 5.41) is 3.26. The lowest BCUT2D eigenvalue weighted by Gasteiger charge is -2.19. The minimum Gasteiger partial charge on any atom is -0.316 e. The van der Waals surface area contributed by atoms with Crippen LogP contribution in [-0.4, -0.2) is 13.1 Å². The summed E-state index contributed by atoms with van der Waals surface area (Å²) in [6, 6.07) is 5.77. The molecule has 1 fully saturated rings. The van der Waals surface area contributed by atoms with Crippen molar-refractivity contribution in [2.45, 2.75) is 31.9 Å². The highest BCUT2D eigenvalue weighted by Gasteiger charge is 2.52. The van der Waals surface area contributed by atoms with E-state index in [-0.39, 0.29) is 5.41 Å². The summed E-state index contributed by atoms with van der Waals surface area (Å²) in [6.45, 7) is 5.70. The Hall–Kier alpha value is -1.03. The van der Waals surface area contributed by atoms with Crippen molar-refractivity contribution in [3.05, 3.63) is 35.4 Å². The molecule has 0 heterocycles. The average molecular weight is 257 g/mol. The zero-order valence-corrected chi connectivity index (χ0v) is 10.6. The topological polar surface area (TPSA) is 12.0 Å². The van der Waals surface area contributed by atoms with Crippen LogP contribution in [0.3, 0.4) is 0 Å². The molecule has 4 heteroatoms. The van der Waals surface area contributed by atoms with E-state index in [1.807, 2.05) is 13.0 Å². The van der Waals surface area contributed by atoms with E-state index in [9.17, 15) is 13.2 Å². The molecule has 0 aromatic heterocycles. The molecular weight excluding hydrogens is 239 g/mol. The summed E-state index contributed by atoms with van der Waals surface area (Å²) >= 11 is 0. The van der Waals surface area contributed by atoms with Crippen LogP contribution in [0.25, 0.3) is 0 Å². The Labute approximate surface area is 105 Å². The number of likely N-dealkylation sites (N-methyl/N-ethyl adjacent to an activating group) is 1. The van der Waals surface area contributed by atoms with Crippen molar-refractivity contribution in [1.82, 2.24) is 5.32 Å². The predicted octanol–water partition coefficient (Wildman–Crippen LogP) is 3.59. The highest BCUT2D eigenvalue weighted by atomic mass is 19.4. The standard InChI is InChI=1S/C14H18F3N/c1-3-18-9-13(8-10(13)2)11-5-4-6-12(7-11)14(15,16)17/h4-7,10,18H,3,8-9H2,1-2H3. The minimum atomic E-state index is -4.26. The minimum absolute atomic E-state index is 0.0999. The van der Waals surface area contributed by atoms with Crippen LogP contribution < -0.4 is 5.32 Å². The summed E-state index contributed by atoms with van der Waals surface area (Å²) in [5.41, 5.74) is 0.165. The molecule has 0 spiro atoms. The Kier molecular flexibility index (Phi) is 3.41. The molecule has 1 aliphatic carbocycles. The Bertz CT molecular complexity index is 427. The first-order valence-electron chi connectivity index (χ1n) is 6.28. The number of nitrogens with one attached hydrogen (secondary N) is 1. The van der Waals surface area contributed by atoms with Gasteiger partial charge in [-0.05, 0) is 30.5 Å².